The number of hydrogen-bond donors (Lipinski definition) is 6. The zero-order valence-corrected chi connectivity index (χ0v) is 28.0. The first kappa shape index (κ1) is 31.8. The molecule has 18 atom stereocenters. The van der Waals surface area contributed by atoms with Gasteiger partial charge in [0.05, 0.1) is 30.5 Å². The van der Waals surface area contributed by atoms with Gasteiger partial charge in [-0.2, -0.15) is 0 Å². The van der Waals surface area contributed by atoms with E-state index in [1.807, 2.05) is 0 Å². The molecule has 3 heterocycles. The molecule has 0 aromatic heterocycles. The van der Waals surface area contributed by atoms with Gasteiger partial charge in [-0.25, -0.2) is 0 Å². The lowest BCUT2D eigenvalue weighted by atomic mass is 9.40. The molecule has 0 radical (unpaired) electrons. The summed E-state index contributed by atoms with van der Waals surface area (Å²) in [5.41, 5.74) is -2.78. The Labute approximate surface area is 266 Å². The van der Waals surface area contributed by atoms with Crippen molar-refractivity contribution in [2.75, 3.05) is 6.61 Å². The quantitative estimate of drug-likeness (QED) is 0.254. The van der Waals surface area contributed by atoms with Crippen molar-refractivity contribution >= 4 is 0 Å². The first-order valence-corrected chi connectivity index (χ1v) is 17.6. The largest absolute Gasteiger partial charge is 0.393 e. The van der Waals surface area contributed by atoms with Crippen LogP contribution in [0, 0.1) is 50.7 Å². The first-order valence-electron chi connectivity index (χ1n) is 17.6. The second-order valence-electron chi connectivity index (χ2n) is 18.4. The van der Waals surface area contributed by atoms with Gasteiger partial charge in [0.15, 0.2) is 12.1 Å². The number of fused-ring (bicyclic) bond motifs is 4. The highest BCUT2D eigenvalue weighted by molar-refractivity contribution is 5.36. The molecular formula is C35H56O10. The lowest BCUT2D eigenvalue weighted by Gasteiger charge is -2.65. The van der Waals surface area contributed by atoms with Gasteiger partial charge in [-0.1, -0.05) is 34.6 Å². The van der Waals surface area contributed by atoms with Gasteiger partial charge in [0.1, 0.15) is 30.5 Å². The molecular weight excluding hydrogens is 580 g/mol. The lowest BCUT2D eigenvalue weighted by Crippen LogP contribution is -2.64. The number of rotatable bonds is 3. The van der Waals surface area contributed by atoms with Crippen LogP contribution in [0.4, 0.5) is 0 Å². The van der Waals surface area contributed by atoms with E-state index in [-0.39, 0.29) is 52.8 Å². The van der Waals surface area contributed by atoms with Crippen molar-refractivity contribution < 1.29 is 49.6 Å². The van der Waals surface area contributed by atoms with Crippen LogP contribution in [0.5, 0.6) is 0 Å². The Balaban J connectivity index is 1.12. The average molecular weight is 637 g/mol. The van der Waals surface area contributed by atoms with Gasteiger partial charge in [-0.05, 0) is 92.8 Å². The molecule has 0 amide bonds. The zero-order chi connectivity index (χ0) is 32.5. The molecule has 3 aliphatic heterocycles. The van der Waals surface area contributed by atoms with Crippen LogP contribution in [-0.2, 0) is 18.9 Å². The Kier molecular flexibility index (Phi) is 6.53. The summed E-state index contributed by atoms with van der Waals surface area (Å²) in [6.45, 7) is 14.5. The lowest BCUT2D eigenvalue weighted by molar-refractivity contribution is -0.304. The van der Waals surface area contributed by atoms with Crippen LogP contribution in [0.1, 0.15) is 93.4 Å². The molecule has 0 aromatic rings. The van der Waals surface area contributed by atoms with E-state index in [4.69, 9.17) is 18.9 Å². The van der Waals surface area contributed by atoms with Crippen molar-refractivity contribution in [3.63, 3.8) is 0 Å². The van der Waals surface area contributed by atoms with Crippen molar-refractivity contribution in [2.24, 2.45) is 50.7 Å². The Morgan fingerprint density at radius 2 is 1.53 bits per heavy atom. The van der Waals surface area contributed by atoms with Crippen LogP contribution in [0.3, 0.4) is 0 Å². The van der Waals surface area contributed by atoms with Gasteiger partial charge in [0.25, 0.3) is 0 Å². The Hall–Kier alpha value is -0.400. The molecule has 0 aromatic carbocycles. The SMILES string of the molecule is CC1CC2OC3(OC2C(C)(C)O)C(O)C2(C)C4CCC5C(C)(C)C(OC6OCC(O)C(O)C6O)CCC56CC46CC(O)C2(C)C13. The first-order chi connectivity index (χ1) is 20.8. The Morgan fingerprint density at radius 1 is 0.844 bits per heavy atom. The average Bonchev–Trinajstić information content (AvgIpc) is 3.44. The molecule has 10 heteroatoms. The van der Waals surface area contributed by atoms with E-state index < -0.39 is 65.1 Å². The van der Waals surface area contributed by atoms with Gasteiger partial charge in [0.2, 0.25) is 0 Å². The molecule has 8 fully saturated rings. The van der Waals surface area contributed by atoms with Crippen molar-refractivity contribution in [2.45, 2.75) is 160 Å². The summed E-state index contributed by atoms with van der Waals surface area (Å²) in [6, 6.07) is 0. The van der Waals surface area contributed by atoms with Gasteiger partial charge in [-0.15, -0.1) is 0 Å². The van der Waals surface area contributed by atoms with Crippen LogP contribution in [0.2, 0.25) is 0 Å². The second-order valence-corrected chi connectivity index (χ2v) is 18.4. The minimum Gasteiger partial charge on any atom is -0.393 e. The minimum atomic E-state index is -1.32. The summed E-state index contributed by atoms with van der Waals surface area (Å²) >= 11 is 0. The van der Waals surface area contributed by atoms with E-state index >= 15 is 0 Å². The highest BCUT2D eigenvalue weighted by Crippen LogP contribution is 2.90. The fourth-order valence-corrected chi connectivity index (χ4v) is 14.0. The van der Waals surface area contributed by atoms with E-state index in [1.54, 1.807) is 13.8 Å². The van der Waals surface area contributed by atoms with Crippen molar-refractivity contribution in [3.05, 3.63) is 0 Å². The predicted octanol–water partition coefficient (Wildman–Crippen LogP) is 2.09. The molecule has 45 heavy (non-hydrogen) atoms. The Bertz CT molecular complexity index is 1240. The normalized spacial score (nSPS) is 62.7. The third-order valence-corrected chi connectivity index (χ3v) is 15.9. The molecule has 5 saturated carbocycles. The third kappa shape index (κ3) is 3.51. The molecule has 2 bridgehead atoms. The molecule has 3 saturated heterocycles. The fraction of sp³-hybridized carbons (Fsp3) is 1.00. The molecule has 8 rings (SSSR count). The number of ether oxygens (including phenoxy) is 4. The third-order valence-electron chi connectivity index (χ3n) is 15.9. The summed E-state index contributed by atoms with van der Waals surface area (Å²) in [7, 11) is 0. The van der Waals surface area contributed by atoms with Gasteiger partial charge in [-0.3, -0.25) is 0 Å². The smallest absolute Gasteiger partial charge is 0.199 e. The van der Waals surface area contributed by atoms with E-state index in [1.165, 1.54) is 0 Å². The van der Waals surface area contributed by atoms with Crippen LogP contribution in [-0.4, -0.2) is 104 Å². The van der Waals surface area contributed by atoms with Crippen LogP contribution >= 0.6 is 0 Å². The number of hydrogen-bond acceptors (Lipinski definition) is 10. The van der Waals surface area contributed by atoms with Crippen molar-refractivity contribution in [1.29, 1.82) is 0 Å². The molecule has 6 N–H and O–H groups in total. The maximum absolute atomic E-state index is 12.7. The summed E-state index contributed by atoms with van der Waals surface area (Å²) in [5, 5.41) is 67.0. The number of aliphatic hydroxyl groups is 6. The van der Waals surface area contributed by atoms with Gasteiger partial charge in [0, 0.05) is 16.7 Å². The molecule has 8 aliphatic rings. The van der Waals surface area contributed by atoms with Gasteiger partial charge < -0.3 is 49.6 Å². The minimum absolute atomic E-state index is 0.0126. The zero-order valence-electron chi connectivity index (χ0n) is 28.0. The van der Waals surface area contributed by atoms with Crippen LogP contribution in [0.15, 0.2) is 0 Å². The molecule has 256 valence electrons. The summed E-state index contributed by atoms with van der Waals surface area (Å²) in [6.07, 6.45) is -1.40. The van der Waals surface area contributed by atoms with E-state index in [2.05, 4.69) is 34.6 Å². The van der Waals surface area contributed by atoms with E-state index in [0.717, 1.165) is 38.5 Å². The van der Waals surface area contributed by atoms with Crippen LogP contribution in [0.25, 0.3) is 0 Å². The summed E-state index contributed by atoms with van der Waals surface area (Å²) in [4.78, 5) is 0. The second kappa shape index (κ2) is 9.23. The molecule has 10 nitrogen and oxygen atoms in total. The van der Waals surface area contributed by atoms with Crippen LogP contribution < -0.4 is 0 Å². The predicted molar refractivity (Wildman–Crippen MR) is 160 cm³/mol. The van der Waals surface area contributed by atoms with Crippen molar-refractivity contribution in [3.8, 4) is 0 Å². The van der Waals surface area contributed by atoms with E-state index in [9.17, 15) is 30.6 Å². The highest BCUT2D eigenvalue weighted by atomic mass is 16.8. The molecule has 18 unspecified atom stereocenters. The number of aliphatic hydroxyl groups excluding tert-OH is 5. The highest BCUT2D eigenvalue weighted by Gasteiger charge is 2.89. The Morgan fingerprint density at radius 3 is 2.22 bits per heavy atom. The topological polar surface area (TPSA) is 158 Å². The standard InChI is InChI=1S/C35H56O10/c1-16-12-18-26(30(4,5)41)45-35(44-18)25(16)32(7)21(37)13-34-15-33(34)11-10-22(43-27-24(39)23(38)17(36)14-42-27)29(2,3)19(33)8-9-20(34)31(32,6)28(35)40/h16-28,36-41H,8-15H2,1-7H3. The maximum atomic E-state index is 12.7. The maximum Gasteiger partial charge on any atom is 0.199 e. The fourth-order valence-electron chi connectivity index (χ4n) is 14.0. The van der Waals surface area contributed by atoms with E-state index in [0.29, 0.717) is 12.3 Å². The molecule has 3 spiro atoms. The monoisotopic (exact) mass is 636 g/mol. The van der Waals surface area contributed by atoms with Crippen molar-refractivity contribution in [1.82, 2.24) is 0 Å². The van der Waals surface area contributed by atoms with Gasteiger partial charge >= 0.3 is 0 Å². The molecule has 5 aliphatic carbocycles. The summed E-state index contributed by atoms with van der Waals surface area (Å²) in [5.74, 6) is -0.820. The summed E-state index contributed by atoms with van der Waals surface area (Å²) < 4.78 is 25.6.